The molecular weight excluding hydrogens is 196 g/mol. The van der Waals surface area contributed by atoms with E-state index < -0.39 is 11.6 Å². The summed E-state index contributed by atoms with van der Waals surface area (Å²) in [4.78, 5) is 15.0. The summed E-state index contributed by atoms with van der Waals surface area (Å²) >= 11 is 0. The number of ether oxygens (including phenoxy) is 1. The van der Waals surface area contributed by atoms with Crippen molar-refractivity contribution in [1.82, 2.24) is 14.8 Å². The molecule has 0 spiro atoms. The Labute approximate surface area is 87.5 Å². The first-order valence-electron chi connectivity index (χ1n) is 4.42. The molecule has 1 heterocycles. The van der Waals surface area contributed by atoms with Gasteiger partial charge in [-0.25, -0.2) is 9.67 Å². The quantitative estimate of drug-likeness (QED) is 0.661. The van der Waals surface area contributed by atoms with Gasteiger partial charge in [0.25, 0.3) is 5.82 Å². The van der Waals surface area contributed by atoms with E-state index in [9.17, 15) is 4.79 Å². The zero-order valence-corrected chi connectivity index (χ0v) is 8.89. The number of nitrogens with zero attached hydrogens (tertiary/aromatic N) is 4. The van der Waals surface area contributed by atoms with E-state index in [-0.39, 0.29) is 12.4 Å². The minimum atomic E-state index is -0.518. The number of aromatic nitrogens is 3. The van der Waals surface area contributed by atoms with Crippen LogP contribution in [-0.2, 0) is 16.1 Å². The van der Waals surface area contributed by atoms with Gasteiger partial charge in [0.2, 0.25) is 0 Å². The molecule has 0 atom stereocenters. The molecule has 0 radical (unpaired) electrons. The number of hydrogen-bond acceptors (Lipinski definition) is 5. The highest BCUT2D eigenvalue weighted by atomic mass is 16.6. The van der Waals surface area contributed by atoms with Gasteiger partial charge in [-0.1, -0.05) is 0 Å². The fourth-order valence-electron chi connectivity index (χ4n) is 0.928. The number of nitriles is 1. The van der Waals surface area contributed by atoms with Crippen molar-refractivity contribution in [3.63, 3.8) is 0 Å². The maximum Gasteiger partial charge on any atom is 0.328 e. The third-order valence-corrected chi connectivity index (χ3v) is 1.35. The molecule has 1 aromatic heterocycles. The molecule has 6 heteroatoms. The van der Waals surface area contributed by atoms with Crippen LogP contribution in [0.2, 0.25) is 0 Å². The largest absolute Gasteiger partial charge is 0.459 e. The Hall–Kier alpha value is -1.90. The average molecular weight is 208 g/mol. The molecule has 1 aromatic rings. The van der Waals surface area contributed by atoms with Crippen LogP contribution in [0, 0.1) is 11.3 Å². The molecule has 0 amide bonds. The van der Waals surface area contributed by atoms with Crippen molar-refractivity contribution < 1.29 is 9.53 Å². The molecule has 0 saturated heterocycles. The van der Waals surface area contributed by atoms with E-state index in [0.29, 0.717) is 0 Å². The van der Waals surface area contributed by atoms with Crippen molar-refractivity contribution in [2.45, 2.75) is 32.9 Å². The molecule has 0 aliphatic rings. The predicted molar refractivity (Wildman–Crippen MR) is 50.6 cm³/mol. The van der Waals surface area contributed by atoms with Crippen LogP contribution in [-0.4, -0.2) is 26.3 Å². The summed E-state index contributed by atoms with van der Waals surface area (Å²) in [5, 5.41) is 12.2. The summed E-state index contributed by atoms with van der Waals surface area (Å²) in [6.45, 7) is 5.32. The van der Waals surface area contributed by atoms with Gasteiger partial charge in [-0.3, -0.25) is 4.79 Å². The summed E-state index contributed by atoms with van der Waals surface area (Å²) in [6, 6.07) is 1.77. The topological polar surface area (TPSA) is 80.8 Å². The highest BCUT2D eigenvalue weighted by Crippen LogP contribution is 2.07. The minimum absolute atomic E-state index is 0.0358. The van der Waals surface area contributed by atoms with Gasteiger partial charge < -0.3 is 4.74 Å². The number of carbonyl (C=O) groups is 1. The third-order valence-electron chi connectivity index (χ3n) is 1.35. The summed E-state index contributed by atoms with van der Waals surface area (Å²) in [7, 11) is 0. The number of hydrogen-bond donors (Lipinski definition) is 0. The third kappa shape index (κ3) is 3.77. The number of carbonyl (C=O) groups excluding carboxylic acids is 1. The molecule has 0 aliphatic heterocycles. The van der Waals surface area contributed by atoms with E-state index in [2.05, 4.69) is 10.1 Å². The summed E-state index contributed by atoms with van der Waals surface area (Å²) in [6.07, 6.45) is 1.32. The maximum absolute atomic E-state index is 11.3. The van der Waals surface area contributed by atoms with E-state index in [1.165, 1.54) is 11.0 Å². The van der Waals surface area contributed by atoms with Crippen LogP contribution in [0.25, 0.3) is 0 Å². The van der Waals surface area contributed by atoms with Crippen LogP contribution >= 0.6 is 0 Å². The molecule has 15 heavy (non-hydrogen) atoms. The van der Waals surface area contributed by atoms with Gasteiger partial charge in [-0.15, -0.1) is 5.10 Å². The van der Waals surface area contributed by atoms with Crippen molar-refractivity contribution in [2.24, 2.45) is 0 Å². The van der Waals surface area contributed by atoms with Crippen LogP contribution in [0.3, 0.4) is 0 Å². The molecule has 80 valence electrons. The molecule has 0 N–H and O–H groups in total. The first-order chi connectivity index (χ1) is 6.90. The molecule has 0 fully saturated rings. The van der Waals surface area contributed by atoms with Crippen molar-refractivity contribution in [2.75, 3.05) is 0 Å². The van der Waals surface area contributed by atoms with Gasteiger partial charge in [0.1, 0.15) is 24.5 Å². The molecule has 0 unspecified atom stereocenters. The van der Waals surface area contributed by atoms with Gasteiger partial charge >= 0.3 is 5.97 Å². The standard InChI is InChI=1S/C9H12N4O2/c1-9(2,3)15-8(14)5-13-6-11-7(4-10)12-13/h6H,5H2,1-3H3. The van der Waals surface area contributed by atoms with Crippen molar-refractivity contribution in [3.05, 3.63) is 12.2 Å². The molecule has 6 nitrogen and oxygen atoms in total. The van der Waals surface area contributed by atoms with Crippen LogP contribution in [0.15, 0.2) is 6.33 Å². The lowest BCUT2D eigenvalue weighted by Crippen LogP contribution is -2.26. The lowest BCUT2D eigenvalue weighted by atomic mass is 10.2. The molecule has 0 bridgehead atoms. The summed E-state index contributed by atoms with van der Waals surface area (Å²) in [5.41, 5.74) is -0.518. The zero-order valence-electron chi connectivity index (χ0n) is 8.89. The van der Waals surface area contributed by atoms with Crippen LogP contribution in [0.5, 0.6) is 0 Å². The molecule has 0 saturated carbocycles. The van der Waals surface area contributed by atoms with Gasteiger partial charge in [0.05, 0.1) is 0 Å². The van der Waals surface area contributed by atoms with Gasteiger partial charge in [0, 0.05) is 0 Å². The van der Waals surface area contributed by atoms with Crippen LogP contribution < -0.4 is 0 Å². The highest BCUT2D eigenvalue weighted by molar-refractivity contribution is 5.69. The Balaban J connectivity index is 2.56. The average Bonchev–Trinajstić information content (AvgIpc) is 2.48. The zero-order chi connectivity index (χ0) is 11.5. The fraction of sp³-hybridized carbons (Fsp3) is 0.556. The van der Waals surface area contributed by atoms with Crippen LogP contribution in [0.1, 0.15) is 26.6 Å². The Morgan fingerprint density at radius 2 is 2.33 bits per heavy atom. The molecule has 0 aliphatic carbocycles. The van der Waals surface area contributed by atoms with Crippen molar-refractivity contribution >= 4 is 5.97 Å². The Bertz CT molecular complexity index is 397. The maximum atomic E-state index is 11.3. The monoisotopic (exact) mass is 208 g/mol. The number of rotatable bonds is 2. The second-order valence-corrected chi connectivity index (χ2v) is 3.96. The predicted octanol–water partition coefficient (Wildman–Crippen LogP) is 0.491. The minimum Gasteiger partial charge on any atom is -0.459 e. The molecular formula is C9H12N4O2. The van der Waals surface area contributed by atoms with Gasteiger partial charge in [0.15, 0.2) is 0 Å². The van der Waals surface area contributed by atoms with E-state index >= 15 is 0 Å². The van der Waals surface area contributed by atoms with E-state index in [4.69, 9.17) is 10.00 Å². The van der Waals surface area contributed by atoms with E-state index in [0.717, 1.165) is 0 Å². The highest BCUT2D eigenvalue weighted by Gasteiger charge is 2.16. The first-order valence-corrected chi connectivity index (χ1v) is 4.42. The lowest BCUT2D eigenvalue weighted by molar-refractivity contribution is -0.155. The second kappa shape index (κ2) is 4.09. The Morgan fingerprint density at radius 1 is 1.67 bits per heavy atom. The Kier molecular flexibility index (Phi) is 3.04. The lowest BCUT2D eigenvalue weighted by Gasteiger charge is -2.19. The SMILES string of the molecule is CC(C)(C)OC(=O)Cn1cnc(C#N)n1. The fourth-order valence-corrected chi connectivity index (χ4v) is 0.928. The first kappa shape index (κ1) is 11.2. The Morgan fingerprint density at radius 3 is 2.80 bits per heavy atom. The second-order valence-electron chi connectivity index (χ2n) is 3.96. The van der Waals surface area contributed by atoms with Crippen molar-refractivity contribution in [1.29, 1.82) is 5.26 Å². The van der Waals surface area contributed by atoms with Crippen LogP contribution in [0.4, 0.5) is 0 Å². The van der Waals surface area contributed by atoms with E-state index in [1.807, 2.05) is 0 Å². The number of esters is 1. The smallest absolute Gasteiger partial charge is 0.328 e. The van der Waals surface area contributed by atoms with Gasteiger partial charge in [-0.2, -0.15) is 5.26 Å². The van der Waals surface area contributed by atoms with E-state index in [1.54, 1.807) is 26.8 Å². The molecule has 1 rings (SSSR count). The normalized spacial score (nSPS) is 10.8. The summed E-state index contributed by atoms with van der Waals surface area (Å²) in [5.74, 6) is -0.365. The molecule has 0 aromatic carbocycles. The van der Waals surface area contributed by atoms with Crippen molar-refractivity contribution in [3.8, 4) is 6.07 Å². The summed E-state index contributed by atoms with van der Waals surface area (Å²) < 4.78 is 6.34. The van der Waals surface area contributed by atoms with Gasteiger partial charge in [-0.05, 0) is 20.8 Å².